The molecule has 2 rings (SSSR count). The number of aliphatic imine (C=N–C) groups is 2. The third-order valence-corrected chi connectivity index (χ3v) is 3.46. The summed E-state index contributed by atoms with van der Waals surface area (Å²) in [6, 6.07) is 2.07. The number of allylic oxidation sites excluding steroid dienone is 2. The number of aromatic nitrogens is 1. The molecule has 1 aromatic heterocycles. The third kappa shape index (κ3) is 3.05. The molecule has 102 valence electrons. The fraction of sp³-hybridized carbons (Fsp3) is 0.429. The van der Waals surface area contributed by atoms with E-state index < -0.39 is 0 Å². The monoisotopic (exact) mass is 259 g/mol. The molecule has 5 nitrogen and oxygen atoms in total. The van der Waals surface area contributed by atoms with Gasteiger partial charge < -0.3 is 16.5 Å². The van der Waals surface area contributed by atoms with Gasteiger partial charge in [0.25, 0.3) is 0 Å². The SMILES string of the molecule is CCC(C1=CCC(C)C(N)=NC(N)=N1)c1cc[nH]c1. The van der Waals surface area contributed by atoms with Gasteiger partial charge in [-0.25, -0.2) is 9.98 Å². The molecule has 1 aliphatic heterocycles. The van der Waals surface area contributed by atoms with E-state index in [-0.39, 0.29) is 17.8 Å². The van der Waals surface area contributed by atoms with Crippen molar-refractivity contribution in [1.82, 2.24) is 4.98 Å². The lowest BCUT2D eigenvalue weighted by molar-refractivity contribution is 0.719. The molecule has 5 heteroatoms. The van der Waals surface area contributed by atoms with E-state index >= 15 is 0 Å². The van der Waals surface area contributed by atoms with Crippen LogP contribution < -0.4 is 11.5 Å². The summed E-state index contributed by atoms with van der Waals surface area (Å²) in [5.41, 5.74) is 13.9. The summed E-state index contributed by atoms with van der Waals surface area (Å²) in [7, 11) is 0. The van der Waals surface area contributed by atoms with Crippen molar-refractivity contribution >= 4 is 11.8 Å². The molecule has 0 spiro atoms. The lowest BCUT2D eigenvalue weighted by atomic mass is 9.93. The van der Waals surface area contributed by atoms with E-state index in [4.69, 9.17) is 11.5 Å². The van der Waals surface area contributed by atoms with Crippen molar-refractivity contribution in [1.29, 1.82) is 0 Å². The standard InChI is InChI=1S/C14H21N5/c1-3-11(10-6-7-17-8-10)12-5-4-9(2)13(15)19-14(16)18-12/h5-9,11,17H,3-4H2,1-2H3,(H4,15,16,18,19). The van der Waals surface area contributed by atoms with Crippen molar-refractivity contribution in [2.24, 2.45) is 27.4 Å². The second kappa shape index (κ2) is 5.73. The molecule has 0 aliphatic carbocycles. The van der Waals surface area contributed by atoms with Crippen LogP contribution in [-0.2, 0) is 0 Å². The van der Waals surface area contributed by atoms with Gasteiger partial charge in [0.15, 0.2) is 0 Å². The summed E-state index contributed by atoms with van der Waals surface area (Å²) in [6.45, 7) is 4.19. The zero-order chi connectivity index (χ0) is 13.8. The van der Waals surface area contributed by atoms with Crippen LogP contribution in [0.15, 0.2) is 40.2 Å². The van der Waals surface area contributed by atoms with E-state index in [0.29, 0.717) is 5.84 Å². The summed E-state index contributed by atoms with van der Waals surface area (Å²) in [5, 5.41) is 0. The minimum atomic E-state index is 0.188. The summed E-state index contributed by atoms with van der Waals surface area (Å²) < 4.78 is 0. The molecule has 1 aromatic rings. The van der Waals surface area contributed by atoms with E-state index in [9.17, 15) is 0 Å². The normalized spacial score (nSPS) is 21.8. The Labute approximate surface area is 113 Å². The molecule has 2 heterocycles. The Hall–Kier alpha value is -2.04. The maximum atomic E-state index is 5.84. The lowest BCUT2D eigenvalue weighted by Gasteiger charge is -2.18. The van der Waals surface area contributed by atoms with Crippen LogP contribution >= 0.6 is 0 Å². The zero-order valence-electron chi connectivity index (χ0n) is 11.4. The van der Waals surface area contributed by atoms with Crippen molar-refractivity contribution in [2.45, 2.75) is 32.6 Å². The van der Waals surface area contributed by atoms with E-state index in [1.165, 1.54) is 5.56 Å². The largest absolute Gasteiger partial charge is 0.387 e. The van der Waals surface area contributed by atoms with Gasteiger partial charge in [-0.15, -0.1) is 0 Å². The summed E-state index contributed by atoms with van der Waals surface area (Å²) in [5.74, 6) is 1.22. The molecular formula is C14H21N5. The van der Waals surface area contributed by atoms with E-state index in [2.05, 4.69) is 34.0 Å². The highest BCUT2D eigenvalue weighted by Gasteiger charge is 2.18. The molecule has 0 amide bonds. The summed E-state index contributed by atoms with van der Waals surface area (Å²) in [6.07, 6.45) is 7.85. The Morgan fingerprint density at radius 2 is 2.21 bits per heavy atom. The van der Waals surface area contributed by atoms with Crippen LogP contribution in [0, 0.1) is 5.92 Å². The Morgan fingerprint density at radius 3 is 2.84 bits per heavy atom. The number of nitrogens with zero attached hydrogens (tertiary/aromatic N) is 2. The number of nitrogens with one attached hydrogen (secondary N) is 1. The van der Waals surface area contributed by atoms with Crippen molar-refractivity contribution < 1.29 is 0 Å². The van der Waals surface area contributed by atoms with Gasteiger partial charge in [0, 0.05) is 29.9 Å². The van der Waals surface area contributed by atoms with Crippen LogP contribution in [0.5, 0.6) is 0 Å². The number of nitrogens with two attached hydrogens (primary N) is 2. The molecular weight excluding hydrogens is 238 g/mol. The van der Waals surface area contributed by atoms with Crippen LogP contribution in [0.4, 0.5) is 0 Å². The predicted molar refractivity (Wildman–Crippen MR) is 78.9 cm³/mol. The van der Waals surface area contributed by atoms with Gasteiger partial charge in [-0.3, -0.25) is 0 Å². The Morgan fingerprint density at radius 1 is 1.42 bits per heavy atom. The highest BCUT2D eigenvalue weighted by molar-refractivity contribution is 5.96. The number of hydrogen-bond acceptors (Lipinski definition) is 4. The van der Waals surface area contributed by atoms with Crippen molar-refractivity contribution in [3.63, 3.8) is 0 Å². The Balaban J connectivity index is 2.35. The zero-order valence-corrected chi connectivity index (χ0v) is 11.4. The number of amidine groups is 1. The fourth-order valence-corrected chi connectivity index (χ4v) is 2.25. The Kier molecular flexibility index (Phi) is 4.04. The molecule has 0 saturated heterocycles. The first-order chi connectivity index (χ1) is 9.11. The first-order valence-electron chi connectivity index (χ1n) is 6.62. The van der Waals surface area contributed by atoms with Crippen LogP contribution in [0.1, 0.15) is 38.2 Å². The van der Waals surface area contributed by atoms with Crippen LogP contribution in [0.3, 0.4) is 0 Å². The first-order valence-corrected chi connectivity index (χ1v) is 6.62. The third-order valence-electron chi connectivity index (χ3n) is 3.46. The molecule has 1 aliphatic rings. The van der Waals surface area contributed by atoms with Gasteiger partial charge in [0.2, 0.25) is 5.96 Å². The smallest absolute Gasteiger partial charge is 0.221 e. The number of aromatic amines is 1. The molecule has 0 aromatic carbocycles. The average Bonchev–Trinajstić information content (AvgIpc) is 2.88. The average molecular weight is 259 g/mol. The topological polar surface area (TPSA) is 92.5 Å². The van der Waals surface area contributed by atoms with Gasteiger partial charge in [-0.05, 0) is 24.5 Å². The number of guanidine groups is 1. The van der Waals surface area contributed by atoms with E-state index in [1.54, 1.807) is 0 Å². The highest BCUT2D eigenvalue weighted by atomic mass is 15.1. The molecule has 0 fully saturated rings. The van der Waals surface area contributed by atoms with Crippen LogP contribution in [-0.4, -0.2) is 16.8 Å². The molecule has 5 N–H and O–H groups in total. The maximum absolute atomic E-state index is 5.84. The van der Waals surface area contributed by atoms with Gasteiger partial charge in [-0.1, -0.05) is 19.9 Å². The van der Waals surface area contributed by atoms with E-state index in [1.807, 2.05) is 19.3 Å². The molecule has 0 radical (unpaired) electrons. The van der Waals surface area contributed by atoms with Gasteiger partial charge in [0.05, 0.1) is 0 Å². The molecule has 0 bridgehead atoms. The summed E-state index contributed by atoms with van der Waals surface area (Å²) in [4.78, 5) is 11.6. The quantitative estimate of drug-likeness (QED) is 0.775. The van der Waals surface area contributed by atoms with Gasteiger partial charge in [-0.2, -0.15) is 0 Å². The van der Waals surface area contributed by atoms with Gasteiger partial charge >= 0.3 is 0 Å². The fourth-order valence-electron chi connectivity index (χ4n) is 2.25. The minimum absolute atomic E-state index is 0.188. The molecule has 2 atom stereocenters. The molecule has 19 heavy (non-hydrogen) atoms. The van der Waals surface area contributed by atoms with Crippen molar-refractivity contribution in [3.05, 3.63) is 35.8 Å². The molecule has 0 saturated carbocycles. The second-order valence-corrected chi connectivity index (χ2v) is 4.88. The van der Waals surface area contributed by atoms with E-state index in [0.717, 1.165) is 18.5 Å². The highest BCUT2D eigenvalue weighted by Crippen LogP contribution is 2.29. The summed E-state index contributed by atoms with van der Waals surface area (Å²) >= 11 is 0. The van der Waals surface area contributed by atoms with Gasteiger partial charge in [0.1, 0.15) is 5.84 Å². The number of rotatable bonds is 3. The lowest BCUT2D eigenvalue weighted by Crippen LogP contribution is -2.26. The predicted octanol–water partition coefficient (Wildman–Crippen LogP) is 2.10. The maximum Gasteiger partial charge on any atom is 0.221 e. The van der Waals surface area contributed by atoms with Crippen molar-refractivity contribution in [3.8, 4) is 0 Å². The Bertz CT molecular complexity index is 510. The van der Waals surface area contributed by atoms with Crippen LogP contribution in [0.2, 0.25) is 0 Å². The number of H-pyrrole nitrogens is 1. The minimum Gasteiger partial charge on any atom is -0.387 e. The first kappa shape index (κ1) is 13.4. The number of hydrogen-bond donors (Lipinski definition) is 3. The molecule has 2 unspecified atom stereocenters. The van der Waals surface area contributed by atoms with Crippen LogP contribution in [0.25, 0.3) is 0 Å². The second-order valence-electron chi connectivity index (χ2n) is 4.88. The van der Waals surface area contributed by atoms with Crippen molar-refractivity contribution in [2.75, 3.05) is 0 Å².